The first-order valence-electron chi connectivity index (χ1n) is 6.28. The number of hydrogen-bond donors (Lipinski definition) is 2. The Hall–Kier alpha value is -1.64. The number of hydrogen-bond acceptors (Lipinski definition) is 2. The van der Waals surface area contributed by atoms with E-state index < -0.39 is 5.60 Å². The van der Waals surface area contributed by atoms with Gasteiger partial charge >= 0.3 is 0 Å². The van der Waals surface area contributed by atoms with E-state index >= 15 is 0 Å². The Bertz CT molecular complexity index is 548. The molecule has 2 aromatic rings. The maximum absolute atomic E-state index is 10.9. The van der Waals surface area contributed by atoms with E-state index in [2.05, 4.69) is 17.4 Å². The van der Waals surface area contributed by atoms with Crippen LogP contribution in [-0.2, 0) is 12.1 Å². The molecule has 0 bridgehead atoms. The van der Waals surface area contributed by atoms with Crippen LogP contribution in [-0.4, -0.2) is 5.11 Å². The zero-order valence-electron chi connectivity index (χ0n) is 10.4. The van der Waals surface area contributed by atoms with E-state index in [1.165, 1.54) is 11.1 Å². The lowest BCUT2D eigenvalue weighted by Crippen LogP contribution is -2.35. The Morgan fingerprint density at radius 2 is 1.72 bits per heavy atom. The molecule has 3 rings (SSSR count). The van der Waals surface area contributed by atoms with E-state index in [0.717, 1.165) is 12.1 Å². The van der Waals surface area contributed by atoms with Crippen LogP contribution in [0.3, 0.4) is 0 Å². The monoisotopic (exact) mass is 239 g/mol. The van der Waals surface area contributed by atoms with Crippen LogP contribution in [0.25, 0.3) is 0 Å². The maximum atomic E-state index is 10.9. The Kier molecular flexibility index (Phi) is 2.69. The smallest absolute Gasteiger partial charge is 0.106 e. The fourth-order valence-electron chi connectivity index (χ4n) is 2.74. The van der Waals surface area contributed by atoms with Gasteiger partial charge in [0, 0.05) is 6.54 Å². The molecule has 2 heteroatoms. The summed E-state index contributed by atoms with van der Waals surface area (Å²) in [6.45, 7) is 2.70. The van der Waals surface area contributed by atoms with Gasteiger partial charge in [0.25, 0.3) is 0 Å². The third-order valence-electron chi connectivity index (χ3n) is 3.78. The summed E-state index contributed by atoms with van der Waals surface area (Å²) in [6, 6.07) is 18.1. The highest BCUT2D eigenvalue weighted by molar-refractivity contribution is 5.38. The molecule has 0 saturated heterocycles. The first kappa shape index (κ1) is 11.5. The predicted molar refractivity (Wildman–Crippen MR) is 72.0 cm³/mol. The quantitative estimate of drug-likeness (QED) is 0.844. The van der Waals surface area contributed by atoms with Crippen molar-refractivity contribution in [3.8, 4) is 0 Å². The largest absolute Gasteiger partial charge is 0.383 e. The van der Waals surface area contributed by atoms with E-state index in [0.29, 0.717) is 0 Å². The summed E-state index contributed by atoms with van der Waals surface area (Å²) < 4.78 is 0. The van der Waals surface area contributed by atoms with Crippen molar-refractivity contribution in [2.75, 3.05) is 0 Å². The van der Waals surface area contributed by atoms with Crippen molar-refractivity contribution in [1.29, 1.82) is 0 Å². The average molecular weight is 239 g/mol. The third kappa shape index (κ3) is 1.74. The molecular weight excluding hydrogens is 222 g/mol. The number of benzene rings is 2. The Labute approximate surface area is 107 Å². The van der Waals surface area contributed by atoms with Crippen LogP contribution < -0.4 is 5.32 Å². The summed E-state index contributed by atoms with van der Waals surface area (Å²) in [5.74, 6) is 0. The molecule has 2 N–H and O–H groups in total. The number of aliphatic hydroxyl groups is 1. The van der Waals surface area contributed by atoms with E-state index in [4.69, 9.17) is 0 Å². The van der Waals surface area contributed by atoms with Crippen molar-refractivity contribution in [1.82, 2.24) is 5.32 Å². The molecule has 0 amide bonds. The zero-order valence-corrected chi connectivity index (χ0v) is 10.4. The highest BCUT2D eigenvalue weighted by Crippen LogP contribution is 2.39. The molecule has 0 saturated carbocycles. The van der Waals surface area contributed by atoms with Gasteiger partial charge in [0.15, 0.2) is 0 Å². The summed E-state index contributed by atoms with van der Waals surface area (Å²) in [6.07, 6.45) is 0. The first-order valence-corrected chi connectivity index (χ1v) is 6.28. The number of rotatable bonds is 2. The van der Waals surface area contributed by atoms with Crippen LogP contribution in [0.4, 0.5) is 0 Å². The molecule has 1 aliphatic rings. The topological polar surface area (TPSA) is 32.3 Å². The van der Waals surface area contributed by atoms with Crippen molar-refractivity contribution < 1.29 is 5.11 Å². The second kappa shape index (κ2) is 4.23. The lowest BCUT2D eigenvalue weighted by Gasteiger charge is -2.31. The highest BCUT2D eigenvalue weighted by atomic mass is 16.3. The van der Waals surface area contributed by atoms with E-state index in [9.17, 15) is 5.11 Å². The summed E-state index contributed by atoms with van der Waals surface area (Å²) in [5, 5.41) is 14.3. The molecule has 92 valence electrons. The molecule has 1 aliphatic heterocycles. The molecule has 2 atom stereocenters. The summed E-state index contributed by atoms with van der Waals surface area (Å²) in [5.41, 5.74) is 2.53. The predicted octanol–water partition coefficient (Wildman–Crippen LogP) is 2.74. The van der Waals surface area contributed by atoms with Gasteiger partial charge in [-0.05, 0) is 23.6 Å². The normalized spacial score (nSPS) is 21.3. The molecule has 2 aromatic carbocycles. The molecular formula is C16H17NO. The van der Waals surface area contributed by atoms with Crippen molar-refractivity contribution in [3.63, 3.8) is 0 Å². The molecule has 0 fully saturated rings. The molecule has 2 nitrogen and oxygen atoms in total. The minimum Gasteiger partial charge on any atom is -0.383 e. The lowest BCUT2D eigenvalue weighted by atomic mass is 9.84. The lowest BCUT2D eigenvalue weighted by molar-refractivity contribution is 0.0177. The Morgan fingerprint density at radius 3 is 2.50 bits per heavy atom. The average Bonchev–Trinajstić information content (AvgIpc) is 2.84. The number of nitrogens with one attached hydrogen (secondary N) is 1. The maximum Gasteiger partial charge on any atom is 0.106 e. The van der Waals surface area contributed by atoms with Gasteiger partial charge in [0.05, 0.1) is 6.04 Å². The highest BCUT2D eigenvalue weighted by Gasteiger charge is 2.38. The van der Waals surface area contributed by atoms with Gasteiger partial charge < -0.3 is 10.4 Å². The number of fused-ring (bicyclic) bond motifs is 1. The molecule has 0 aromatic heterocycles. The summed E-state index contributed by atoms with van der Waals surface area (Å²) in [4.78, 5) is 0. The van der Waals surface area contributed by atoms with Crippen molar-refractivity contribution in [3.05, 3.63) is 71.3 Å². The standard InChI is InChI=1S/C16H17NO/c1-16(18,13-8-3-2-4-9-13)15-14-10-6-5-7-12(14)11-17-15/h2-10,15,17-18H,11H2,1H3. The van der Waals surface area contributed by atoms with Crippen LogP contribution in [0.5, 0.6) is 0 Å². The van der Waals surface area contributed by atoms with Crippen LogP contribution >= 0.6 is 0 Å². The van der Waals surface area contributed by atoms with Crippen LogP contribution in [0, 0.1) is 0 Å². The zero-order chi connectivity index (χ0) is 12.6. The van der Waals surface area contributed by atoms with Crippen LogP contribution in [0.1, 0.15) is 29.7 Å². The van der Waals surface area contributed by atoms with Crippen LogP contribution in [0.15, 0.2) is 54.6 Å². The minimum atomic E-state index is -0.895. The molecule has 0 aliphatic carbocycles. The second-order valence-electron chi connectivity index (χ2n) is 5.03. The molecule has 0 spiro atoms. The fraction of sp³-hybridized carbons (Fsp3) is 0.250. The van der Waals surface area contributed by atoms with Gasteiger partial charge in [-0.1, -0.05) is 54.6 Å². The SMILES string of the molecule is CC(O)(c1ccccc1)C1NCc2ccccc21. The van der Waals surface area contributed by atoms with Crippen LogP contribution in [0.2, 0.25) is 0 Å². The second-order valence-corrected chi connectivity index (χ2v) is 5.03. The van der Waals surface area contributed by atoms with Crippen molar-refractivity contribution in [2.45, 2.75) is 25.1 Å². The van der Waals surface area contributed by atoms with Crippen molar-refractivity contribution in [2.24, 2.45) is 0 Å². The van der Waals surface area contributed by atoms with Gasteiger partial charge in [-0.25, -0.2) is 0 Å². The molecule has 18 heavy (non-hydrogen) atoms. The van der Waals surface area contributed by atoms with Gasteiger partial charge in [-0.2, -0.15) is 0 Å². The molecule has 0 radical (unpaired) electrons. The van der Waals surface area contributed by atoms with Gasteiger partial charge in [-0.3, -0.25) is 0 Å². The Balaban J connectivity index is 2.02. The molecule has 1 heterocycles. The van der Waals surface area contributed by atoms with E-state index in [1.54, 1.807) is 0 Å². The Morgan fingerprint density at radius 1 is 1.06 bits per heavy atom. The van der Waals surface area contributed by atoms with Gasteiger partial charge in [-0.15, -0.1) is 0 Å². The van der Waals surface area contributed by atoms with E-state index in [-0.39, 0.29) is 6.04 Å². The third-order valence-corrected chi connectivity index (χ3v) is 3.78. The van der Waals surface area contributed by atoms with Crippen molar-refractivity contribution >= 4 is 0 Å². The first-order chi connectivity index (χ1) is 8.69. The summed E-state index contributed by atoms with van der Waals surface area (Å²) in [7, 11) is 0. The summed E-state index contributed by atoms with van der Waals surface area (Å²) >= 11 is 0. The fourth-order valence-corrected chi connectivity index (χ4v) is 2.74. The minimum absolute atomic E-state index is 0.0453. The van der Waals surface area contributed by atoms with Gasteiger partial charge in [0.1, 0.15) is 5.60 Å². The molecule has 2 unspecified atom stereocenters. The van der Waals surface area contributed by atoms with Gasteiger partial charge in [0.2, 0.25) is 0 Å². The van der Waals surface area contributed by atoms with E-state index in [1.807, 2.05) is 49.4 Å².